The molecule has 0 aromatic carbocycles. The zero-order valence-corrected chi connectivity index (χ0v) is 11.5. The lowest BCUT2D eigenvalue weighted by Crippen LogP contribution is -2.24. The van der Waals surface area contributed by atoms with Crippen molar-refractivity contribution in [1.82, 2.24) is 0 Å². The summed E-state index contributed by atoms with van der Waals surface area (Å²) in [7, 11) is -0.728. The maximum atomic E-state index is 13.5. The number of hydrogen-bond acceptors (Lipinski definition) is 5. The standard InChI is InChI=1S/C10H20FO5P/c1-5-15-17(12,16-6-2)8-7-9(11)10(13-3)14-4/h7-10H,5-6H2,1-4H3/b8-7+. The Morgan fingerprint density at radius 2 is 1.65 bits per heavy atom. The van der Waals surface area contributed by atoms with Crippen molar-refractivity contribution in [3.8, 4) is 0 Å². The molecule has 0 heterocycles. The molecule has 0 saturated carbocycles. The van der Waals surface area contributed by atoms with Gasteiger partial charge in [-0.15, -0.1) is 0 Å². The monoisotopic (exact) mass is 270 g/mol. The van der Waals surface area contributed by atoms with E-state index < -0.39 is 20.1 Å². The fourth-order valence-corrected chi connectivity index (χ4v) is 2.46. The summed E-state index contributed by atoms with van der Waals surface area (Å²) in [4.78, 5) is 0. The van der Waals surface area contributed by atoms with Crippen molar-refractivity contribution < 1.29 is 27.5 Å². The molecule has 0 spiro atoms. The molecule has 102 valence electrons. The van der Waals surface area contributed by atoms with Gasteiger partial charge in [-0.2, -0.15) is 0 Å². The Labute approximate surface area is 101 Å². The number of halogens is 1. The second-order valence-electron chi connectivity index (χ2n) is 3.00. The maximum Gasteiger partial charge on any atom is 0.353 e. The number of hydrogen-bond donors (Lipinski definition) is 0. The fourth-order valence-electron chi connectivity index (χ4n) is 1.12. The molecule has 0 amide bonds. The van der Waals surface area contributed by atoms with Gasteiger partial charge in [-0.05, 0) is 19.9 Å². The minimum absolute atomic E-state index is 0.219. The van der Waals surface area contributed by atoms with Gasteiger partial charge in [0.1, 0.15) is 0 Å². The third-order valence-corrected chi connectivity index (χ3v) is 3.57. The summed E-state index contributed by atoms with van der Waals surface area (Å²) < 4.78 is 44.8. The molecule has 0 aliphatic carbocycles. The van der Waals surface area contributed by atoms with Gasteiger partial charge in [-0.3, -0.25) is 4.57 Å². The second kappa shape index (κ2) is 8.78. The molecule has 0 aliphatic heterocycles. The summed E-state index contributed by atoms with van der Waals surface area (Å²) in [6.07, 6.45) is -1.52. The van der Waals surface area contributed by atoms with E-state index in [0.717, 1.165) is 11.9 Å². The summed E-state index contributed by atoms with van der Waals surface area (Å²) in [5.74, 6) is 1.09. The molecule has 5 nitrogen and oxygen atoms in total. The van der Waals surface area contributed by atoms with Gasteiger partial charge in [0.05, 0.1) is 13.2 Å². The van der Waals surface area contributed by atoms with E-state index in [1.807, 2.05) is 0 Å². The van der Waals surface area contributed by atoms with Crippen LogP contribution in [0.4, 0.5) is 4.39 Å². The van der Waals surface area contributed by atoms with Crippen molar-refractivity contribution in [2.45, 2.75) is 26.3 Å². The lowest BCUT2D eigenvalue weighted by atomic mass is 10.4. The highest BCUT2D eigenvalue weighted by Gasteiger charge is 2.22. The highest BCUT2D eigenvalue weighted by Crippen LogP contribution is 2.49. The molecule has 1 atom stereocenters. The highest BCUT2D eigenvalue weighted by molar-refractivity contribution is 7.57. The van der Waals surface area contributed by atoms with E-state index in [1.54, 1.807) is 13.8 Å². The van der Waals surface area contributed by atoms with E-state index in [0.29, 0.717) is 0 Å². The first-order chi connectivity index (χ1) is 8.02. The van der Waals surface area contributed by atoms with Crippen LogP contribution in [0.25, 0.3) is 0 Å². The van der Waals surface area contributed by atoms with Crippen molar-refractivity contribution in [3.05, 3.63) is 11.9 Å². The van der Waals surface area contributed by atoms with Crippen molar-refractivity contribution in [2.75, 3.05) is 27.4 Å². The maximum absolute atomic E-state index is 13.5. The molecule has 0 saturated heterocycles. The molecule has 0 aromatic rings. The van der Waals surface area contributed by atoms with Crippen LogP contribution < -0.4 is 0 Å². The third kappa shape index (κ3) is 6.29. The van der Waals surface area contributed by atoms with Crippen LogP contribution in [0.2, 0.25) is 0 Å². The Morgan fingerprint density at radius 1 is 1.18 bits per heavy atom. The number of methoxy groups -OCH3 is 2. The Morgan fingerprint density at radius 3 is 2.00 bits per heavy atom. The first-order valence-corrected chi connectivity index (χ1v) is 6.92. The molecule has 0 radical (unpaired) electrons. The molecular formula is C10H20FO5P. The molecule has 0 N–H and O–H groups in total. The lowest BCUT2D eigenvalue weighted by molar-refractivity contribution is -0.131. The molecule has 0 bridgehead atoms. The van der Waals surface area contributed by atoms with Gasteiger partial charge >= 0.3 is 7.60 Å². The van der Waals surface area contributed by atoms with Gasteiger partial charge in [0.15, 0.2) is 12.5 Å². The van der Waals surface area contributed by atoms with E-state index in [2.05, 4.69) is 0 Å². The molecular weight excluding hydrogens is 250 g/mol. The normalized spacial score (nSPS) is 14.7. The first kappa shape index (κ1) is 16.7. The Balaban J connectivity index is 4.58. The Bertz CT molecular complexity index is 257. The fraction of sp³-hybridized carbons (Fsp3) is 0.800. The van der Waals surface area contributed by atoms with Crippen molar-refractivity contribution in [2.24, 2.45) is 0 Å². The molecule has 0 aliphatic rings. The minimum Gasteiger partial charge on any atom is -0.353 e. The van der Waals surface area contributed by atoms with Gasteiger partial charge < -0.3 is 18.5 Å². The number of alkyl halides is 1. The summed E-state index contributed by atoms with van der Waals surface area (Å²) in [5.41, 5.74) is 0. The van der Waals surface area contributed by atoms with Crippen LogP contribution >= 0.6 is 7.60 Å². The zero-order chi connectivity index (χ0) is 13.3. The van der Waals surface area contributed by atoms with Crippen molar-refractivity contribution in [1.29, 1.82) is 0 Å². The van der Waals surface area contributed by atoms with E-state index >= 15 is 0 Å². The summed E-state index contributed by atoms with van der Waals surface area (Å²) in [6.45, 7) is 3.80. The molecule has 17 heavy (non-hydrogen) atoms. The Hall–Kier alpha value is -0.260. The molecule has 0 rings (SSSR count). The van der Waals surface area contributed by atoms with Crippen molar-refractivity contribution in [3.63, 3.8) is 0 Å². The molecule has 7 heteroatoms. The average Bonchev–Trinajstić information content (AvgIpc) is 2.29. The number of ether oxygens (including phenoxy) is 2. The van der Waals surface area contributed by atoms with Crippen LogP contribution in [0.3, 0.4) is 0 Å². The lowest BCUT2D eigenvalue weighted by Gasteiger charge is -2.16. The van der Waals surface area contributed by atoms with Crippen LogP contribution in [0.15, 0.2) is 11.9 Å². The highest BCUT2D eigenvalue weighted by atomic mass is 31.2. The van der Waals surface area contributed by atoms with Gasteiger partial charge in [-0.25, -0.2) is 4.39 Å². The van der Waals surface area contributed by atoms with E-state index in [9.17, 15) is 8.96 Å². The second-order valence-corrected chi connectivity index (χ2v) is 4.90. The first-order valence-electron chi connectivity index (χ1n) is 5.30. The van der Waals surface area contributed by atoms with Crippen LogP contribution in [0.5, 0.6) is 0 Å². The van der Waals surface area contributed by atoms with Crippen LogP contribution in [-0.2, 0) is 23.1 Å². The average molecular weight is 270 g/mol. The minimum atomic E-state index is -3.37. The predicted octanol–water partition coefficient (Wildman–Crippen LogP) is 2.72. The summed E-state index contributed by atoms with van der Waals surface area (Å²) in [6, 6.07) is 0. The smallest absolute Gasteiger partial charge is 0.353 e. The third-order valence-electron chi connectivity index (χ3n) is 1.80. The van der Waals surface area contributed by atoms with E-state index in [-0.39, 0.29) is 13.2 Å². The summed E-state index contributed by atoms with van der Waals surface area (Å²) >= 11 is 0. The molecule has 1 unspecified atom stereocenters. The Kier molecular flexibility index (Phi) is 8.64. The van der Waals surface area contributed by atoms with Crippen molar-refractivity contribution >= 4 is 7.60 Å². The van der Waals surface area contributed by atoms with Crippen LogP contribution in [-0.4, -0.2) is 39.9 Å². The molecule has 0 fully saturated rings. The van der Waals surface area contributed by atoms with Gasteiger partial charge in [0.25, 0.3) is 0 Å². The van der Waals surface area contributed by atoms with Crippen LogP contribution in [0, 0.1) is 0 Å². The largest absolute Gasteiger partial charge is 0.353 e. The van der Waals surface area contributed by atoms with Gasteiger partial charge in [0.2, 0.25) is 0 Å². The topological polar surface area (TPSA) is 54.0 Å². The SMILES string of the molecule is CCOP(=O)(/C=C/C(F)C(OC)OC)OCC. The van der Waals surface area contributed by atoms with Crippen LogP contribution in [0.1, 0.15) is 13.8 Å². The van der Waals surface area contributed by atoms with Gasteiger partial charge in [-0.1, -0.05) is 0 Å². The quantitative estimate of drug-likeness (QED) is 0.476. The zero-order valence-electron chi connectivity index (χ0n) is 10.6. The predicted molar refractivity (Wildman–Crippen MR) is 62.7 cm³/mol. The van der Waals surface area contributed by atoms with E-state index in [1.165, 1.54) is 14.2 Å². The molecule has 0 aromatic heterocycles. The van der Waals surface area contributed by atoms with E-state index in [4.69, 9.17) is 18.5 Å². The number of rotatable bonds is 9. The van der Waals surface area contributed by atoms with Gasteiger partial charge in [0, 0.05) is 20.0 Å². The summed E-state index contributed by atoms with van der Waals surface area (Å²) in [5, 5.41) is 0.